The van der Waals surface area contributed by atoms with E-state index in [0.717, 1.165) is 56.2 Å². The number of anilines is 1. The summed E-state index contributed by atoms with van der Waals surface area (Å²) in [6, 6.07) is 16.1. The van der Waals surface area contributed by atoms with E-state index < -0.39 is 0 Å². The molecule has 1 aromatic heterocycles. The van der Waals surface area contributed by atoms with E-state index in [2.05, 4.69) is 32.2 Å². The van der Waals surface area contributed by atoms with Gasteiger partial charge >= 0.3 is 0 Å². The molecule has 1 aliphatic rings. The molecule has 28 heavy (non-hydrogen) atoms. The van der Waals surface area contributed by atoms with Gasteiger partial charge in [-0.3, -0.25) is 4.90 Å². The van der Waals surface area contributed by atoms with Gasteiger partial charge in [0.1, 0.15) is 0 Å². The van der Waals surface area contributed by atoms with E-state index in [4.69, 9.17) is 23.2 Å². The van der Waals surface area contributed by atoms with Gasteiger partial charge in [-0.2, -0.15) is 0 Å². The predicted octanol–water partition coefficient (Wildman–Crippen LogP) is 4.50. The van der Waals surface area contributed by atoms with Crippen molar-refractivity contribution in [3.8, 4) is 11.3 Å². The summed E-state index contributed by atoms with van der Waals surface area (Å²) < 4.78 is 1.99. The quantitative estimate of drug-likeness (QED) is 0.588. The molecule has 0 spiro atoms. The van der Waals surface area contributed by atoms with Gasteiger partial charge in [-0.05, 0) is 18.2 Å². The Labute approximate surface area is 181 Å². The van der Waals surface area contributed by atoms with E-state index in [1.54, 1.807) is 0 Å². The predicted molar refractivity (Wildman–Crippen MR) is 118 cm³/mol. The van der Waals surface area contributed by atoms with Crippen LogP contribution in [0.15, 0.2) is 54.7 Å². The number of piperazine rings is 1. The van der Waals surface area contributed by atoms with E-state index in [9.17, 15) is 0 Å². The van der Waals surface area contributed by atoms with Gasteiger partial charge in [0.15, 0.2) is 0 Å². The van der Waals surface area contributed by atoms with Gasteiger partial charge < -0.3 is 4.90 Å². The summed E-state index contributed by atoms with van der Waals surface area (Å²) in [7, 11) is 0. The van der Waals surface area contributed by atoms with Crippen molar-refractivity contribution in [2.45, 2.75) is 6.54 Å². The van der Waals surface area contributed by atoms with Gasteiger partial charge in [-0.25, -0.2) is 4.68 Å². The average molecular weight is 439 g/mol. The molecule has 0 unspecified atom stereocenters. The van der Waals surface area contributed by atoms with Gasteiger partial charge in [0, 0.05) is 44.0 Å². The lowest BCUT2D eigenvalue weighted by Gasteiger charge is -2.36. The lowest BCUT2D eigenvalue weighted by molar-refractivity contribution is 0.244. The minimum Gasteiger partial charge on any atom is -0.369 e. The third-order valence-electron chi connectivity index (χ3n) is 4.96. The van der Waals surface area contributed by atoms with Crippen molar-refractivity contribution in [3.63, 3.8) is 0 Å². The average Bonchev–Trinajstić information content (AvgIpc) is 3.18. The van der Waals surface area contributed by atoms with Gasteiger partial charge in [0.05, 0.1) is 28.5 Å². The molecular weight excluding hydrogens is 417 g/mol. The van der Waals surface area contributed by atoms with Crippen LogP contribution in [-0.2, 0) is 6.54 Å². The summed E-state index contributed by atoms with van der Waals surface area (Å²) in [6.07, 6.45) is 1.83. The summed E-state index contributed by atoms with van der Waals surface area (Å²) in [5, 5.41) is 9.56. The van der Waals surface area contributed by atoms with Crippen LogP contribution in [0.1, 0.15) is 0 Å². The van der Waals surface area contributed by atoms with Crippen LogP contribution in [0.25, 0.3) is 11.3 Å². The third kappa shape index (κ3) is 4.78. The van der Waals surface area contributed by atoms with Crippen LogP contribution in [-0.4, -0.2) is 52.6 Å². The Balaban J connectivity index is 0.00000225. The van der Waals surface area contributed by atoms with Crippen molar-refractivity contribution >= 4 is 41.3 Å². The highest BCUT2D eigenvalue weighted by Gasteiger charge is 2.18. The lowest BCUT2D eigenvalue weighted by atomic mass is 10.2. The van der Waals surface area contributed by atoms with Crippen molar-refractivity contribution in [3.05, 3.63) is 64.8 Å². The molecule has 0 radical (unpaired) electrons. The minimum absolute atomic E-state index is 0. The number of aromatic nitrogens is 3. The SMILES string of the molecule is Cl.Clc1ccc(N2CCN(CCn3nncc3-c3ccccc3)CC2)cc1Cl. The first kappa shape index (κ1) is 20.9. The fourth-order valence-electron chi connectivity index (χ4n) is 3.40. The molecule has 0 atom stereocenters. The maximum absolute atomic E-state index is 6.15. The van der Waals surface area contributed by atoms with Crippen LogP contribution in [0.5, 0.6) is 0 Å². The Morgan fingerprint density at radius 1 is 0.857 bits per heavy atom. The number of hydrogen-bond acceptors (Lipinski definition) is 4. The Kier molecular flexibility index (Phi) is 7.18. The summed E-state index contributed by atoms with van der Waals surface area (Å²) >= 11 is 12.2. The van der Waals surface area contributed by atoms with E-state index in [1.807, 2.05) is 47.3 Å². The van der Waals surface area contributed by atoms with Crippen LogP contribution in [0.2, 0.25) is 10.0 Å². The Hall–Kier alpha value is -1.79. The molecule has 1 saturated heterocycles. The molecule has 2 aromatic carbocycles. The molecule has 0 saturated carbocycles. The maximum atomic E-state index is 6.15. The summed E-state index contributed by atoms with van der Waals surface area (Å²) in [5.41, 5.74) is 3.34. The number of rotatable bonds is 5. The van der Waals surface area contributed by atoms with Gasteiger partial charge in [0.25, 0.3) is 0 Å². The smallest absolute Gasteiger partial charge is 0.0886 e. The topological polar surface area (TPSA) is 37.2 Å². The zero-order chi connectivity index (χ0) is 18.6. The monoisotopic (exact) mass is 437 g/mol. The lowest BCUT2D eigenvalue weighted by Crippen LogP contribution is -2.47. The Morgan fingerprint density at radius 3 is 2.32 bits per heavy atom. The van der Waals surface area contributed by atoms with Crippen LogP contribution < -0.4 is 4.90 Å². The molecule has 0 aliphatic carbocycles. The summed E-state index contributed by atoms with van der Waals surface area (Å²) in [5.74, 6) is 0. The highest BCUT2D eigenvalue weighted by Crippen LogP contribution is 2.27. The second-order valence-electron chi connectivity index (χ2n) is 6.64. The van der Waals surface area contributed by atoms with E-state index in [1.165, 1.54) is 0 Å². The van der Waals surface area contributed by atoms with E-state index in [0.29, 0.717) is 10.0 Å². The zero-order valence-corrected chi connectivity index (χ0v) is 17.7. The van der Waals surface area contributed by atoms with Crippen LogP contribution in [0, 0.1) is 0 Å². The van der Waals surface area contributed by atoms with Crippen LogP contribution in [0.3, 0.4) is 0 Å². The molecule has 3 aromatic rings. The largest absolute Gasteiger partial charge is 0.369 e. The molecule has 0 bridgehead atoms. The first-order valence-corrected chi connectivity index (χ1v) is 9.82. The molecular formula is C20H22Cl3N5. The van der Waals surface area contributed by atoms with E-state index in [-0.39, 0.29) is 12.4 Å². The van der Waals surface area contributed by atoms with Crippen molar-refractivity contribution in [2.75, 3.05) is 37.6 Å². The van der Waals surface area contributed by atoms with Crippen LogP contribution in [0.4, 0.5) is 5.69 Å². The number of hydrogen-bond donors (Lipinski definition) is 0. The number of nitrogens with zero attached hydrogens (tertiary/aromatic N) is 5. The number of halogens is 3. The normalized spacial score (nSPS) is 14.7. The third-order valence-corrected chi connectivity index (χ3v) is 5.69. The minimum atomic E-state index is 0. The highest BCUT2D eigenvalue weighted by atomic mass is 35.5. The second-order valence-corrected chi connectivity index (χ2v) is 7.45. The van der Waals surface area contributed by atoms with Gasteiger partial charge in [0.2, 0.25) is 0 Å². The zero-order valence-electron chi connectivity index (χ0n) is 15.3. The Bertz CT molecular complexity index is 892. The Morgan fingerprint density at radius 2 is 1.61 bits per heavy atom. The highest BCUT2D eigenvalue weighted by molar-refractivity contribution is 6.42. The van der Waals surface area contributed by atoms with Crippen molar-refractivity contribution in [1.82, 2.24) is 19.9 Å². The molecule has 0 N–H and O–H groups in total. The standard InChI is InChI=1S/C20H21Cl2N5.ClH/c21-18-7-6-17(14-19(18)22)26-11-8-25(9-12-26)10-13-27-20(15-23-24-27)16-4-2-1-3-5-16;/h1-7,14-15H,8-13H2;1H. The molecule has 8 heteroatoms. The molecule has 5 nitrogen and oxygen atoms in total. The molecule has 1 aliphatic heterocycles. The fourth-order valence-corrected chi connectivity index (χ4v) is 3.70. The summed E-state index contributed by atoms with van der Waals surface area (Å²) in [4.78, 5) is 4.81. The molecule has 1 fully saturated rings. The van der Waals surface area contributed by atoms with Crippen molar-refractivity contribution in [1.29, 1.82) is 0 Å². The second kappa shape index (κ2) is 9.61. The molecule has 2 heterocycles. The molecule has 148 valence electrons. The molecule has 0 amide bonds. The maximum Gasteiger partial charge on any atom is 0.0886 e. The molecule has 4 rings (SSSR count). The first-order valence-electron chi connectivity index (χ1n) is 9.07. The van der Waals surface area contributed by atoms with E-state index >= 15 is 0 Å². The van der Waals surface area contributed by atoms with Gasteiger partial charge in [-0.1, -0.05) is 58.7 Å². The van der Waals surface area contributed by atoms with Crippen molar-refractivity contribution < 1.29 is 0 Å². The fraction of sp³-hybridized carbons (Fsp3) is 0.300. The van der Waals surface area contributed by atoms with Crippen LogP contribution >= 0.6 is 35.6 Å². The van der Waals surface area contributed by atoms with Gasteiger partial charge in [-0.15, -0.1) is 17.5 Å². The first-order chi connectivity index (χ1) is 13.2. The van der Waals surface area contributed by atoms with Crippen molar-refractivity contribution in [2.24, 2.45) is 0 Å². The summed E-state index contributed by atoms with van der Waals surface area (Å²) in [6.45, 7) is 5.75. The number of benzene rings is 2.